The van der Waals surface area contributed by atoms with Gasteiger partial charge in [-0.25, -0.2) is 4.98 Å². The van der Waals surface area contributed by atoms with E-state index in [1.54, 1.807) is 18.4 Å². The van der Waals surface area contributed by atoms with E-state index in [4.69, 9.17) is 4.74 Å². The molecular formula is C17H23N3O3S. The molecule has 2 fully saturated rings. The first-order valence-electron chi connectivity index (χ1n) is 8.47. The first kappa shape index (κ1) is 16.2. The Bertz CT molecular complexity index is 817. The van der Waals surface area contributed by atoms with E-state index in [1.807, 2.05) is 13.0 Å². The van der Waals surface area contributed by atoms with Crippen molar-refractivity contribution in [1.29, 1.82) is 0 Å². The number of aryl methyl sites for hydroxylation is 1. The van der Waals surface area contributed by atoms with Crippen molar-refractivity contribution in [3.8, 4) is 0 Å². The molecule has 1 saturated heterocycles. The second-order valence-corrected chi connectivity index (χ2v) is 8.26. The van der Waals surface area contributed by atoms with Crippen LogP contribution < -0.4 is 5.56 Å². The normalized spacial score (nSPS) is 30.8. The van der Waals surface area contributed by atoms with Gasteiger partial charge in [-0.1, -0.05) is 0 Å². The van der Waals surface area contributed by atoms with Crippen LogP contribution in [0.5, 0.6) is 0 Å². The number of aliphatic hydroxyl groups excluding tert-OH is 1. The third kappa shape index (κ3) is 2.60. The zero-order valence-corrected chi connectivity index (χ0v) is 14.9. The van der Waals surface area contributed by atoms with Gasteiger partial charge in [-0.2, -0.15) is 0 Å². The van der Waals surface area contributed by atoms with Gasteiger partial charge in [0.1, 0.15) is 10.7 Å². The average Bonchev–Trinajstić information content (AvgIpc) is 3.09. The number of hydrogen-bond acceptors (Lipinski definition) is 6. The van der Waals surface area contributed by atoms with Gasteiger partial charge in [0.15, 0.2) is 0 Å². The number of nitrogens with zero attached hydrogens (tertiary/aromatic N) is 2. The summed E-state index contributed by atoms with van der Waals surface area (Å²) in [6, 6.07) is 2.07. The molecule has 3 heterocycles. The van der Waals surface area contributed by atoms with Gasteiger partial charge in [-0.05, 0) is 38.7 Å². The van der Waals surface area contributed by atoms with Gasteiger partial charge in [-0.3, -0.25) is 9.69 Å². The molecule has 6 nitrogen and oxygen atoms in total. The van der Waals surface area contributed by atoms with Gasteiger partial charge in [0.25, 0.3) is 5.56 Å². The summed E-state index contributed by atoms with van der Waals surface area (Å²) in [7, 11) is 1.77. The van der Waals surface area contributed by atoms with E-state index in [2.05, 4.69) is 14.9 Å². The quantitative estimate of drug-likeness (QED) is 0.883. The Morgan fingerprint density at radius 1 is 1.54 bits per heavy atom. The lowest BCUT2D eigenvalue weighted by atomic mass is 9.79. The first-order chi connectivity index (χ1) is 11.5. The standard InChI is InChI=1S/C17H23N3O3S/c1-10-7-12-15(22)18-14(19-16(12)24-10)9-20-6-5-17(23-2)4-3-11(21)8-13(17)20/h7,11,13,21H,3-6,8-9H2,1-2H3,(H,18,19,22)/t11-,13+,17-/m1/s1. The Morgan fingerprint density at radius 3 is 3.17 bits per heavy atom. The van der Waals surface area contributed by atoms with Gasteiger partial charge < -0.3 is 14.8 Å². The molecule has 4 rings (SSSR count). The number of H-pyrrole nitrogens is 1. The summed E-state index contributed by atoms with van der Waals surface area (Å²) in [4.78, 5) is 24.0. The summed E-state index contributed by atoms with van der Waals surface area (Å²) in [6.07, 6.45) is 3.10. The van der Waals surface area contributed by atoms with Crippen LogP contribution >= 0.6 is 11.3 Å². The van der Waals surface area contributed by atoms with Crippen molar-refractivity contribution in [1.82, 2.24) is 14.9 Å². The molecule has 0 bridgehead atoms. The van der Waals surface area contributed by atoms with E-state index >= 15 is 0 Å². The predicted molar refractivity (Wildman–Crippen MR) is 93.4 cm³/mol. The fraction of sp³-hybridized carbons (Fsp3) is 0.647. The highest BCUT2D eigenvalue weighted by molar-refractivity contribution is 7.18. The number of aliphatic hydroxyl groups is 1. The fourth-order valence-electron chi connectivity index (χ4n) is 4.32. The average molecular weight is 349 g/mol. The zero-order valence-electron chi connectivity index (χ0n) is 14.0. The van der Waals surface area contributed by atoms with Gasteiger partial charge in [0, 0.05) is 24.6 Å². The lowest BCUT2D eigenvalue weighted by Gasteiger charge is -2.42. The largest absolute Gasteiger partial charge is 0.393 e. The van der Waals surface area contributed by atoms with Crippen LogP contribution in [0.4, 0.5) is 0 Å². The summed E-state index contributed by atoms with van der Waals surface area (Å²) < 4.78 is 5.87. The first-order valence-corrected chi connectivity index (χ1v) is 9.29. The number of methoxy groups -OCH3 is 1. The Balaban J connectivity index is 1.62. The third-order valence-electron chi connectivity index (χ3n) is 5.60. The lowest BCUT2D eigenvalue weighted by Crippen LogP contribution is -2.51. The molecule has 2 N–H and O–H groups in total. The highest BCUT2D eigenvalue weighted by Gasteiger charge is 2.50. The molecule has 2 aliphatic rings. The summed E-state index contributed by atoms with van der Waals surface area (Å²) in [5.41, 5.74) is -0.233. The monoisotopic (exact) mass is 349 g/mol. The smallest absolute Gasteiger partial charge is 0.259 e. The van der Waals surface area contributed by atoms with E-state index in [-0.39, 0.29) is 23.3 Å². The van der Waals surface area contributed by atoms with Crippen LogP contribution in [-0.2, 0) is 11.3 Å². The molecule has 1 aliphatic carbocycles. The van der Waals surface area contributed by atoms with E-state index < -0.39 is 0 Å². The van der Waals surface area contributed by atoms with Gasteiger partial charge in [0.2, 0.25) is 0 Å². The molecule has 24 heavy (non-hydrogen) atoms. The number of aromatic nitrogens is 2. The molecule has 0 unspecified atom stereocenters. The van der Waals surface area contributed by atoms with E-state index in [1.165, 1.54) is 0 Å². The van der Waals surface area contributed by atoms with Crippen molar-refractivity contribution >= 4 is 21.6 Å². The maximum Gasteiger partial charge on any atom is 0.259 e. The lowest BCUT2D eigenvalue weighted by molar-refractivity contribution is -0.0881. The molecule has 2 aromatic heterocycles. The summed E-state index contributed by atoms with van der Waals surface area (Å²) >= 11 is 1.55. The molecule has 3 atom stereocenters. The minimum absolute atomic E-state index is 0.0692. The van der Waals surface area contributed by atoms with Crippen molar-refractivity contribution in [2.24, 2.45) is 0 Å². The van der Waals surface area contributed by atoms with Crippen molar-refractivity contribution in [2.45, 2.75) is 56.9 Å². The third-order valence-corrected chi connectivity index (χ3v) is 6.54. The SMILES string of the molecule is CO[C@@]12CC[C@@H](O)C[C@@H]1N(Cc1nc3sc(C)cc3c(=O)[nH]1)CC2. The van der Waals surface area contributed by atoms with E-state index in [9.17, 15) is 9.90 Å². The van der Waals surface area contributed by atoms with E-state index in [0.29, 0.717) is 17.8 Å². The minimum Gasteiger partial charge on any atom is -0.393 e. The number of ether oxygens (including phenoxy) is 1. The second-order valence-electron chi connectivity index (χ2n) is 7.02. The number of likely N-dealkylation sites (tertiary alicyclic amines) is 1. The maximum absolute atomic E-state index is 12.3. The van der Waals surface area contributed by atoms with Gasteiger partial charge in [0.05, 0.1) is 23.6 Å². The molecular weight excluding hydrogens is 326 g/mol. The molecule has 1 aliphatic heterocycles. The Labute approximate surface area is 144 Å². The Kier molecular flexibility index (Phi) is 3.99. The maximum atomic E-state index is 12.3. The van der Waals surface area contributed by atoms with Gasteiger partial charge in [-0.15, -0.1) is 11.3 Å². The Morgan fingerprint density at radius 2 is 2.38 bits per heavy atom. The second kappa shape index (κ2) is 5.91. The van der Waals surface area contributed by atoms with Crippen LogP contribution in [0.1, 0.15) is 36.4 Å². The number of nitrogens with one attached hydrogen (secondary N) is 1. The molecule has 0 radical (unpaired) electrons. The van der Waals surface area contributed by atoms with Crippen molar-refractivity contribution in [3.63, 3.8) is 0 Å². The molecule has 0 aromatic carbocycles. The predicted octanol–water partition coefficient (Wildman–Crippen LogP) is 1.80. The summed E-state index contributed by atoms with van der Waals surface area (Å²) in [6.45, 7) is 3.48. The minimum atomic E-state index is -0.270. The molecule has 0 spiro atoms. The van der Waals surface area contributed by atoms with Crippen LogP contribution in [0.15, 0.2) is 10.9 Å². The molecule has 2 aromatic rings. The van der Waals surface area contributed by atoms with Crippen LogP contribution in [0.25, 0.3) is 10.2 Å². The van der Waals surface area contributed by atoms with Crippen LogP contribution in [0, 0.1) is 6.92 Å². The van der Waals surface area contributed by atoms with Crippen LogP contribution in [0.3, 0.4) is 0 Å². The van der Waals surface area contributed by atoms with Crippen molar-refractivity contribution in [3.05, 3.63) is 27.1 Å². The number of thiophene rings is 1. The van der Waals surface area contributed by atoms with Crippen molar-refractivity contribution < 1.29 is 9.84 Å². The topological polar surface area (TPSA) is 78.5 Å². The van der Waals surface area contributed by atoms with Crippen molar-refractivity contribution in [2.75, 3.05) is 13.7 Å². The highest BCUT2D eigenvalue weighted by atomic mass is 32.1. The molecule has 130 valence electrons. The molecule has 1 saturated carbocycles. The summed E-state index contributed by atoms with van der Waals surface area (Å²) in [5, 5.41) is 10.8. The fourth-order valence-corrected chi connectivity index (χ4v) is 5.22. The number of aromatic amines is 1. The summed E-state index contributed by atoms with van der Waals surface area (Å²) in [5.74, 6) is 0.696. The highest BCUT2D eigenvalue weighted by Crippen LogP contribution is 2.42. The van der Waals surface area contributed by atoms with Gasteiger partial charge >= 0.3 is 0 Å². The number of fused-ring (bicyclic) bond motifs is 2. The van der Waals surface area contributed by atoms with Crippen LogP contribution in [-0.4, -0.2) is 51.4 Å². The van der Waals surface area contributed by atoms with E-state index in [0.717, 1.165) is 41.9 Å². The zero-order chi connectivity index (χ0) is 16.9. The number of hydrogen-bond donors (Lipinski definition) is 2. The Hall–Kier alpha value is -1.28. The number of rotatable bonds is 3. The molecule has 0 amide bonds. The molecule has 7 heteroatoms. The van der Waals surface area contributed by atoms with Crippen LogP contribution in [0.2, 0.25) is 0 Å².